The molecule has 1 atom stereocenters. The van der Waals surface area contributed by atoms with Gasteiger partial charge in [-0.25, -0.2) is 0 Å². The minimum atomic E-state index is 0.277. The SMILES string of the molecule is COCC(C)NCc1ccc(OCc2ccc(Cl)cc2Cl)c(OC)c1. The molecular weight excluding hydrogens is 361 g/mol. The average molecular weight is 384 g/mol. The van der Waals surface area contributed by atoms with E-state index in [2.05, 4.69) is 12.2 Å². The molecule has 0 saturated heterocycles. The van der Waals surface area contributed by atoms with Crippen LogP contribution >= 0.6 is 23.2 Å². The van der Waals surface area contributed by atoms with Gasteiger partial charge in [-0.2, -0.15) is 0 Å². The summed E-state index contributed by atoms with van der Waals surface area (Å²) < 4.78 is 16.4. The first kappa shape index (κ1) is 19.9. The Morgan fingerprint density at radius 3 is 2.52 bits per heavy atom. The minimum Gasteiger partial charge on any atom is -0.493 e. The Kier molecular flexibility index (Phi) is 7.85. The van der Waals surface area contributed by atoms with Gasteiger partial charge < -0.3 is 19.5 Å². The topological polar surface area (TPSA) is 39.7 Å². The van der Waals surface area contributed by atoms with E-state index in [0.717, 1.165) is 17.7 Å². The Bertz CT molecular complexity index is 694. The fourth-order valence-corrected chi connectivity index (χ4v) is 2.80. The lowest BCUT2D eigenvalue weighted by molar-refractivity contribution is 0.171. The molecule has 1 N–H and O–H groups in total. The fourth-order valence-electron chi connectivity index (χ4n) is 2.34. The Labute approximate surface area is 159 Å². The molecule has 2 aromatic carbocycles. The predicted octanol–water partition coefficient (Wildman–Crippen LogP) is 4.71. The lowest BCUT2D eigenvalue weighted by atomic mass is 10.2. The summed E-state index contributed by atoms with van der Waals surface area (Å²) in [6, 6.07) is 11.5. The van der Waals surface area contributed by atoms with Crippen LogP contribution in [0.4, 0.5) is 0 Å². The zero-order valence-electron chi connectivity index (χ0n) is 14.6. The highest BCUT2D eigenvalue weighted by Crippen LogP contribution is 2.30. The van der Waals surface area contributed by atoms with E-state index >= 15 is 0 Å². The van der Waals surface area contributed by atoms with E-state index in [4.69, 9.17) is 37.4 Å². The van der Waals surface area contributed by atoms with E-state index in [1.54, 1.807) is 26.4 Å². The first-order chi connectivity index (χ1) is 12.0. The van der Waals surface area contributed by atoms with Gasteiger partial charge in [-0.1, -0.05) is 35.3 Å². The van der Waals surface area contributed by atoms with Crippen LogP contribution in [0.15, 0.2) is 36.4 Å². The molecule has 0 heterocycles. The van der Waals surface area contributed by atoms with Crippen LogP contribution in [0, 0.1) is 0 Å². The van der Waals surface area contributed by atoms with Gasteiger partial charge in [0.1, 0.15) is 6.61 Å². The highest BCUT2D eigenvalue weighted by atomic mass is 35.5. The number of ether oxygens (including phenoxy) is 3. The molecule has 0 radical (unpaired) electrons. The third-order valence-corrected chi connectivity index (χ3v) is 4.28. The molecule has 6 heteroatoms. The van der Waals surface area contributed by atoms with Crippen LogP contribution in [0.1, 0.15) is 18.1 Å². The van der Waals surface area contributed by atoms with Crippen LogP contribution in [0.25, 0.3) is 0 Å². The van der Waals surface area contributed by atoms with Gasteiger partial charge in [-0.3, -0.25) is 0 Å². The number of benzene rings is 2. The summed E-state index contributed by atoms with van der Waals surface area (Å²) >= 11 is 12.1. The molecule has 1 unspecified atom stereocenters. The molecule has 2 rings (SSSR count). The molecule has 136 valence electrons. The number of rotatable bonds is 9. The molecule has 0 fully saturated rings. The summed E-state index contributed by atoms with van der Waals surface area (Å²) in [5, 5.41) is 4.58. The Morgan fingerprint density at radius 2 is 1.84 bits per heavy atom. The number of halogens is 2. The fraction of sp³-hybridized carbons (Fsp3) is 0.368. The van der Waals surface area contributed by atoms with E-state index in [1.807, 2.05) is 24.3 Å². The molecular formula is C19H23Cl2NO3. The zero-order chi connectivity index (χ0) is 18.2. The van der Waals surface area contributed by atoms with Gasteiger partial charge in [-0.15, -0.1) is 0 Å². The summed E-state index contributed by atoms with van der Waals surface area (Å²) in [6.07, 6.45) is 0. The molecule has 0 aliphatic rings. The molecule has 0 spiro atoms. The van der Waals surface area contributed by atoms with Crippen molar-refractivity contribution in [1.82, 2.24) is 5.32 Å². The van der Waals surface area contributed by atoms with Crippen LogP contribution < -0.4 is 14.8 Å². The van der Waals surface area contributed by atoms with E-state index < -0.39 is 0 Å². The van der Waals surface area contributed by atoms with E-state index in [9.17, 15) is 0 Å². The smallest absolute Gasteiger partial charge is 0.161 e. The molecule has 4 nitrogen and oxygen atoms in total. The number of nitrogens with one attached hydrogen (secondary N) is 1. The van der Waals surface area contributed by atoms with Crippen LogP contribution in [-0.2, 0) is 17.9 Å². The van der Waals surface area contributed by atoms with Gasteiger partial charge in [0.15, 0.2) is 11.5 Å². The monoisotopic (exact) mass is 383 g/mol. The van der Waals surface area contributed by atoms with Gasteiger partial charge in [0.2, 0.25) is 0 Å². The third kappa shape index (κ3) is 6.08. The Hall–Kier alpha value is -1.46. The van der Waals surface area contributed by atoms with Crippen molar-refractivity contribution in [2.24, 2.45) is 0 Å². The Balaban J connectivity index is 2.01. The van der Waals surface area contributed by atoms with Crippen LogP contribution in [-0.4, -0.2) is 26.9 Å². The van der Waals surface area contributed by atoms with Gasteiger partial charge in [0.25, 0.3) is 0 Å². The summed E-state index contributed by atoms with van der Waals surface area (Å²) in [7, 11) is 3.32. The molecule has 2 aromatic rings. The van der Waals surface area contributed by atoms with Gasteiger partial charge >= 0.3 is 0 Å². The van der Waals surface area contributed by atoms with Crippen molar-refractivity contribution in [3.05, 3.63) is 57.6 Å². The summed E-state index contributed by atoms with van der Waals surface area (Å²) in [5.41, 5.74) is 1.98. The lowest BCUT2D eigenvalue weighted by Crippen LogP contribution is -2.29. The highest BCUT2D eigenvalue weighted by Gasteiger charge is 2.09. The quantitative estimate of drug-likeness (QED) is 0.680. The second kappa shape index (κ2) is 9.88. The summed E-state index contributed by atoms with van der Waals surface area (Å²) in [4.78, 5) is 0. The van der Waals surface area contributed by atoms with Gasteiger partial charge in [0.05, 0.1) is 13.7 Å². The van der Waals surface area contributed by atoms with Crippen molar-refractivity contribution in [3.8, 4) is 11.5 Å². The molecule has 0 saturated carbocycles. The van der Waals surface area contributed by atoms with Crippen LogP contribution in [0.5, 0.6) is 11.5 Å². The molecule has 25 heavy (non-hydrogen) atoms. The van der Waals surface area contributed by atoms with Gasteiger partial charge in [-0.05, 0) is 36.8 Å². The molecule has 0 amide bonds. The third-order valence-electron chi connectivity index (χ3n) is 3.70. The maximum Gasteiger partial charge on any atom is 0.161 e. The Morgan fingerprint density at radius 1 is 1.04 bits per heavy atom. The van der Waals surface area contributed by atoms with Crippen molar-refractivity contribution >= 4 is 23.2 Å². The zero-order valence-corrected chi connectivity index (χ0v) is 16.2. The van der Waals surface area contributed by atoms with Crippen LogP contribution in [0.2, 0.25) is 10.0 Å². The summed E-state index contributed by atoms with van der Waals surface area (Å²) in [6.45, 7) is 3.81. The van der Waals surface area contributed by atoms with Crippen molar-refractivity contribution in [2.45, 2.75) is 26.1 Å². The maximum absolute atomic E-state index is 6.18. The largest absolute Gasteiger partial charge is 0.493 e. The number of hydrogen-bond donors (Lipinski definition) is 1. The first-order valence-corrected chi connectivity index (χ1v) is 8.75. The minimum absolute atomic E-state index is 0.277. The van der Waals surface area contributed by atoms with E-state index in [-0.39, 0.29) is 6.04 Å². The van der Waals surface area contributed by atoms with Gasteiger partial charge in [0, 0.05) is 35.3 Å². The molecule has 0 aromatic heterocycles. The highest BCUT2D eigenvalue weighted by molar-refractivity contribution is 6.35. The maximum atomic E-state index is 6.18. The van der Waals surface area contributed by atoms with Crippen molar-refractivity contribution in [3.63, 3.8) is 0 Å². The van der Waals surface area contributed by atoms with Crippen molar-refractivity contribution in [1.29, 1.82) is 0 Å². The summed E-state index contributed by atoms with van der Waals surface area (Å²) in [5.74, 6) is 1.35. The predicted molar refractivity (Wildman–Crippen MR) is 102 cm³/mol. The van der Waals surface area contributed by atoms with E-state index in [1.165, 1.54) is 0 Å². The van der Waals surface area contributed by atoms with Crippen molar-refractivity contribution < 1.29 is 14.2 Å². The van der Waals surface area contributed by atoms with E-state index in [0.29, 0.717) is 34.8 Å². The first-order valence-electron chi connectivity index (χ1n) is 7.99. The average Bonchev–Trinajstić information content (AvgIpc) is 2.60. The number of methoxy groups -OCH3 is 2. The molecule has 0 bridgehead atoms. The normalized spacial score (nSPS) is 12.0. The van der Waals surface area contributed by atoms with Crippen LogP contribution in [0.3, 0.4) is 0 Å². The standard InChI is InChI=1S/C19H23Cl2NO3/c1-13(11-23-2)22-10-14-4-7-18(19(8-14)24-3)25-12-15-5-6-16(20)9-17(15)21/h4-9,13,22H,10-12H2,1-3H3. The number of hydrogen-bond acceptors (Lipinski definition) is 4. The lowest BCUT2D eigenvalue weighted by Gasteiger charge is -2.15. The second-order valence-corrected chi connectivity index (χ2v) is 6.59. The molecule has 0 aliphatic heterocycles. The molecule has 0 aliphatic carbocycles. The second-order valence-electron chi connectivity index (χ2n) is 5.75. The van der Waals surface area contributed by atoms with Crippen molar-refractivity contribution in [2.75, 3.05) is 20.8 Å².